The van der Waals surface area contributed by atoms with E-state index >= 15 is 26.3 Å². The maximum atomic E-state index is 15.6. The predicted octanol–water partition coefficient (Wildman–Crippen LogP) is 21.9. The fourth-order valence-corrected chi connectivity index (χ4v) is 29.7. The van der Waals surface area contributed by atoms with Gasteiger partial charge < -0.3 is 0 Å². The SMILES string of the molecule is Cc1cccc(S(OS(=O)(=O)c2c(F)c(F)c(F)c(F)c2F)(c2ccc(Oc3ccc(I(OS(=O)(=O)c4c(F)c(F)c(F)c(F)c4F)c4ccc(Oc5ccc(S(OS(=O)(=O)c6c(F)c(F)c(F)c(F)c6F)(c6cccc(C)c6C)c6cccc(C)c6C)cc5)cc4)cc3)cc2)c2cccc(C)c2C)c1C. The van der Waals surface area contributed by atoms with Crippen LogP contribution in [-0.2, 0) is 40.1 Å². The number of rotatable bonds is 21. The molecule has 0 heterocycles. The zero-order valence-electron chi connectivity index (χ0n) is 55.7. The van der Waals surface area contributed by atoms with Crippen molar-refractivity contribution in [3.8, 4) is 23.0 Å². The summed E-state index contributed by atoms with van der Waals surface area (Å²) in [5.41, 5.74) is 3.84. The van der Waals surface area contributed by atoms with Gasteiger partial charge in [-0.3, -0.25) is 0 Å². The molecule has 0 radical (unpaired) electrons. The van der Waals surface area contributed by atoms with Gasteiger partial charge in [0.2, 0.25) is 11.6 Å². The van der Waals surface area contributed by atoms with E-state index in [1.54, 1.807) is 79.7 Å². The molecule has 11 aromatic carbocycles. The third kappa shape index (κ3) is 13.9. The van der Waals surface area contributed by atoms with Crippen LogP contribution in [0.3, 0.4) is 0 Å². The maximum absolute atomic E-state index is 15.6. The van der Waals surface area contributed by atoms with Gasteiger partial charge in [-0.2, -0.15) is 16.8 Å². The fourth-order valence-electron chi connectivity index (χ4n) is 11.1. The minimum atomic E-state index is -6.01. The van der Waals surface area contributed by atoms with Crippen LogP contribution >= 0.6 is 40.9 Å². The zero-order valence-corrected chi connectivity index (χ0v) is 62.0. The third-order valence-electron chi connectivity index (χ3n) is 17.1. The van der Waals surface area contributed by atoms with Crippen LogP contribution in [0.5, 0.6) is 23.0 Å². The molecule has 32 heteroatoms. The average molecular weight is 1690 g/mol. The van der Waals surface area contributed by atoms with Gasteiger partial charge in [-0.15, -0.1) is 0 Å². The molecular weight excluding hydrogens is 1640 g/mol. The van der Waals surface area contributed by atoms with Crippen molar-refractivity contribution in [3.05, 3.63) is 309 Å². The molecule has 556 valence electrons. The van der Waals surface area contributed by atoms with Crippen molar-refractivity contribution in [2.24, 2.45) is 0 Å². The van der Waals surface area contributed by atoms with Crippen molar-refractivity contribution < 1.29 is 110 Å². The summed E-state index contributed by atoms with van der Waals surface area (Å²) >= 11 is -4.32. The van der Waals surface area contributed by atoms with Crippen molar-refractivity contribution in [3.63, 3.8) is 0 Å². The Bertz CT molecular complexity index is 5260. The van der Waals surface area contributed by atoms with Gasteiger partial charge in [0, 0.05) is 0 Å². The van der Waals surface area contributed by atoms with E-state index in [0.717, 1.165) is 0 Å². The molecule has 0 aromatic heterocycles. The molecule has 0 aliphatic heterocycles. The first-order valence-electron chi connectivity index (χ1n) is 30.6. The summed E-state index contributed by atoms with van der Waals surface area (Å²) in [6.07, 6.45) is 0. The molecule has 0 atom stereocenters. The summed E-state index contributed by atoms with van der Waals surface area (Å²) < 4.78 is 340. The van der Waals surface area contributed by atoms with E-state index in [0.29, 0.717) is 44.5 Å². The predicted molar refractivity (Wildman–Crippen MR) is 369 cm³/mol. The van der Waals surface area contributed by atoms with Crippen LogP contribution in [0.1, 0.15) is 44.5 Å². The topological polar surface area (TPSA) is 149 Å². The van der Waals surface area contributed by atoms with Crippen LogP contribution in [0.25, 0.3) is 0 Å². The van der Waals surface area contributed by atoms with Crippen molar-refractivity contribution >= 4 is 71.2 Å². The smallest absolute Gasteiger partial charge is 0.0608 e. The van der Waals surface area contributed by atoms with Gasteiger partial charge in [0.05, 0.1) is 0 Å². The molecule has 0 bridgehead atoms. The molecule has 11 rings (SSSR count). The molecule has 0 saturated heterocycles. The van der Waals surface area contributed by atoms with Gasteiger partial charge in [0.25, 0.3) is 0 Å². The van der Waals surface area contributed by atoms with Crippen LogP contribution in [0.4, 0.5) is 65.9 Å². The summed E-state index contributed by atoms with van der Waals surface area (Å²) in [4.78, 5) is -6.39. The minimum absolute atomic E-state index is 0.0211. The molecule has 0 amide bonds. The van der Waals surface area contributed by atoms with E-state index < -0.39 is 173 Å². The van der Waals surface area contributed by atoms with Gasteiger partial charge in [-0.1, -0.05) is 48.5 Å². The minimum Gasteiger partial charge on any atom is -0.0608 e. The first-order chi connectivity index (χ1) is 49.8. The Labute approximate surface area is 608 Å². The monoisotopic (exact) mass is 1690 g/mol. The van der Waals surface area contributed by atoms with E-state index in [1.165, 1.54) is 146 Å². The first kappa shape index (κ1) is 78.2. The Balaban J connectivity index is 0.957. The molecular formula is C74H52F15IO11S5. The van der Waals surface area contributed by atoms with E-state index in [-0.39, 0.29) is 59.5 Å². The van der Waals surface area contributed by atoms with Gasteiger partial charge in [0.15, 0.2) is 56.3 Å². The molecule has 106 heavy (non-hydrogen) atoms. The molecule has 11 nitrogen and oxygen atoms in total. The summed E-state index contributed by atoms with van der Waals surface area (Å²) in [5, 5.41) is 0. The second-order valence-corrected chi connectivity index (χ2v) is 38.5. The van der Waals surface area contributed by atoms with Gasteiger partial charge in [-0.25, -0.2) is 43.9 Å². The van der Waals surface area contributed by atoms with Gasteiger partial charge in [0.1, 0.15) is 0 Å². The summed E-state index contributed by atoms with van der Waals surface area (Å²) in [7, 11) is -25.8. The summed E-state index contributed by atoms with van der Waals surface area (Å²) in [5.74, 6) is -39.8. The molecule has 0 fully saturated rings. The summed E-state index contributed by atoms with van der Waals surface area (Å²) in [6, 6.07) is 39.1. The molecule has 0 unspecified atom stereocenters. The van der Waals surface area contributed by atoms with Crippen LogP contribution in [0.2, 0.25) is 0 Å². The number of aryl methyl sites for hydroxylation is 4. The number of hydrogen-bond acceptors (Lipinski definition) is 11. The number of hydrogen-bond donors (Lipinski definition) is 0. The van der Waals surface area contributed by atoms with Crippen molar-refractivity contribution in [1.82, 2.24) is 0 Å². The Hall–Kier alpha value is -8.87. The normalized spacial score (nSPS) is 12.7. The zero-order chi connectivity index (χ0) is 77.4. The third-order valence-corrected chi connectivity index (χ3v) is 35.3. The number of halogens is 16. The van der Waals surface area contributed by atoms with Crippen LogP contribution < -0.4 is 9.47 Å². The Morgan fingerprint density at radius 1 is 0.255 bits per heavy atom. The van der Waals surface area contributed by atoms with E-state index in [1.807, 2.05) is 0 Å². The first-order valence-corrected chi connectivity index (χ1v) is 41.0. The molecule has 0 N–H and O–H groups in total. The average Bonchev–Trinajstić information content (AvgIpc) is 0.724. The molecule has 0 saturated carbocycles. The van der Waals surface area contributed by atoms with Gasteiger partial charge >= 0.3 is 358 Å². The van der Waals surface area contributed by atoms with Crippen molar-refractivity contribution in [1.29, 1.82) is 0 Å². The van der Waals surface area contributed by atoms with Crippen LogP contribution in [0.15, 0.2) is 214 Å². The quantitative estimate of drug-likeness (QED) is 0.0293. The standard InChI is InChI=1S/C74H52F15IO11S5/c1-37-13-9-17-53(41(37)5)102(54-18-10-14-38(2)42(54)6,100-105(93,94)73-68(86)62(80)58(76)63(81)69(73)87)51-33-29-49(30-34-51)97-47-25-21-45(22-26-47)90(99-104(91,92)72-66(84)60(78)57(75)61(79)67(72)85)46-23-27-48(28-24-46)98-50-31-35-52(36-32-50)103(55-19-11-15-39(3)43(55)7,56-20-12-16-40(4)44(56)8)101-106(95,96)74-70(88)64(82)59(77)65(83)71(74)89/h9-36H,1-8H3. The molecule has 0 aliphatic rings. The number of ether oxygens (including phenoxy) is 2. The van der Waals surface area contributed by atoms with Crippen LogP contribution in [0, 0.1) is 150 Å². The summed E-state index contributed by atoms with van der Waals surface area (Å²) in [6.45, 7) is 13.0. The van der Waals surface area contributed by atoms with E-state index in [4.69, 9.17) is 19.2 Å². The van der Waals surface area contributed by atoms with E-state index in [9.17, 15) is 64.8 Å². The molecule has 0 aliphatic carbocycles. The van der Waals surface area contributed by atoms with E-state index in [2.05, 4.69) is 0 Å². The van der Waals surface area contributed by atoms with Crippen LogP contribution in [-0.4, -0.2) is 25.3 Å². The Kier molecular flexibility index (Phi) is 21.9. The molecule has 11 aromatic rings. The van der Waals surface area contributed by atoms with Gasteiger partial charge in [-0.05, 0) is 77.6 Å². The second kappa shape index (κ2) is 29.7. The molecule has 0 spiro atoms. The van der Waals surface area contributed by atoms with Crippen molar-refractivity contribution in [2.45, 2.75) is 99.4 Å². The Morgan fingerprint density at radius 3 is 0.698 bits per heavy atom. The number of benzene rings is 11. The fraction of sp³-hybridized carbons (Fsp3) is 0.108. The Morgan fingerprint density at radius 2 is 0.462 bits per heavy atom. The van der Waals surface area contributed by atoms with Crippen molar-refractivity contribution in [2.75, 3.05) is 0 Å². The second-order valence-electron chi connectivity index (χ2n) is 23.5.